The smallest absolute Gasteiger partial charge is 0.306 e. The second-order valence-electron chi connectivity index (χ2n) is 4.87. The molecule has 0 aliphatic heterocycles. The van der Waals surface area contributed by atoms with Crippen LogP contribution in [0, 0.1) is 0 Å². The van der Waals surface area contributed by atoms with E-state index in [4.69, 9.17) is 8.92 Å². The van der Waals surface area contributed by atoms with Gasteiger partial charge in [-0.3, -0.25) is 0 Å². The average Bonchev–Trinajstić information content (AvgIpc) is 2.13. The Hall–Kier alpha value is -1.23. The molecule has 1 aromatic rings. The maximum absolute atomic E-state index is 11.2. The van der Waals surface area contributed by atoms with Crippen LogP contribution in [-0.4, -0.2) is 21.8 Å². The van der Waals surface area contributed by atoms with Crippen LogP contribution in [0.1, 0.15) is 26.3 Å². The number of benzene rings is 1. The Morgan fingerprint density at radius 1 is 1.18 bits per heavy atom. The number of methoxy groups -OCH3 is 1. The minimum atomic E-state index is -3.55. The van der Waals surface area contributed by atoms with Gasteiger partial charge >= 0.3 is 10.1 Å². The van der Waals surface area contributed by atoms with Crippen LogP contribution < -0.4 is 8.92 Å². The highest BCUT2D eigenvalue weighted by Crippen LogP contribution is 2.38. The number of rotatable bonds is 3. The summed E-state index contributed by atoms with van der Waals surface area (Å²) in [4.78, 5) is 0. The van der Waals surface area contributed by atoms with Crippen LogP contribution in [0.15, 0.2) is 18.2 Å². The molecule has 0 amide bonds. The molecule has 0 aliphatic carbocycles. The van der Waals surface area contributed by atoms with Crippen molar-refractivity contribution >= 4 is 10.1 Å². The largest absolute Gasteiger partial charge is 0.492 e. The highest BCUT2D eigenvalue weighted by Gasteiger charge is 2.22. The summed E-state index contributed by atoms with van der Waals surface area (Å²) < 4.78 is 32.5. The maximum Gasteiger partial charge on any atom is 0.306 e. The molecule has 1 aromatic carbocycles. The topological polar surface area (TPSA) is 52.6 Å². The maximum atomic E-state index is 11.2. The Morgan fingerprint density at radius 3 is 2.18 bits per heavy atom. The number of hydrogen-bond donors (Lipinski definition) is 0. The highest BCUT2D eigenvalue weighted by molar-refractivity contribution is 7.86. The van der Waals surface area contributed by atoms with Gasteiger partial charge in [-0.05, 0) is 11.5 Å². The van der Waals surface area contributed by atoms with E-state index < -0.39 is 10.1 Å². The molecule has 0 unspecified atom stereocenters. The molecule has 0 heterocycles. The third kappa shape index (κ3) is 3.63. The highest BCUT2D eigenvalue weighted by atomic mass is 32.2. The van der Waals surface area contributed by atoms with Gasteiger partial charge < -0.3 is 8.92 Å². The standard InChI is InChI=1S/C12H18O4S/c1-12(2,3)9-7-6-8-10(11(9)15-4)16-17(5,13)14/h6-8H,1-5H3. The van der Waals surface area contributed by atoms with E-state index in [1.807, 2.05) is 26.8 Å². The normalized spacial score (nSPS) is 12.3. The van der Waals surface area contributed by atoms with Gasteiger partial charge in [0.15, 0.2) is 11.5 Å². The molecule has 0 saturated heterocycles. The molecule has 0 radical (unpaired) electrons. The van der Waals surface area contributed by atoms with Crippen molar-refractivity contribution in [3.8, 4) is 11.5 Å². The van der Waals surface area contributed by atoms with Gasteiger partial charge in [0.25, 0.3) is 0 Å². The molecule has 0 fully saturated rings. The van der Waals surface area contributed by atoms with Gasteiger partial charge in [-0.1, -0.05) is 32.9 Å². The number of para-hydroxylation sites is 1. The van der Waals surface area contributed by atoms with Crippen molar-refractivity contribution < 1.29 is 17.3 Å². The molecule has 0 aromatic heterocycles. The zero-order valence-electron chi connectivity index (χ0n) is 10.8. The van der Waals surface area contributed by atoms with Crippen LogP contribution in [0.4, 0.5) is 0 Å². The SMILES string of the molecule is COc1c(OS(C)(=O)=O)cccc1C(C)(C)C. The summed E-state index contributed by atoms with van der Waals surface area (Å²) in [6.45, 7) is 6.07. The summed E-state index contributed by atoms with van der Waals surface area (Å²) in [5, 5.41) is 0. The second kappa shape index (κ2) is 4.56. The molecule has 0 saturated carbocycles. The second-order valence-corrected chi connectivity index (χ2v) is 6.45. The summed E-state index contributed by atoms with van der Waals surface area (Å²) in [6.07, 6.45) is 1.01. The first-order valence-corrected chi connectivity index (χ1v) is 7.04. The van der Waals surface area contributed by atoms with E-state index in [0.29, 0.717) is 5.75 Å². The number of hydrogen-bond acceptors (Lipinski definition) is 4. The Morgan fingerprint density at radius 2 is 1.76 bits per heavy atom. The summed E-state index contributed by atoms with van der Waals surface area (Å²) in [5.74, 6) is 0.688. The minimum absolute atomic E-state index is 0.151. The Labute approximate surface area is 103 Å². The number of ether oxygens (including phenoxy) is 1. The first-order chi connectivity index (χ1) is 7.65. The lowest BCUT2D eigenvalue weighted by Crippen LogP contribution is -2.14. The fraction of sp³-hybridized carbons (Fsp3) is 0.500. The molecular weight excluding hydrogens is 240 g/mol. The zero-order valence-corrected chi connectivity index (χ0v) is 11.6. The molecule has 5 heteroatoms. The molecule has 1 rings (SSSR count). The Kier molecular flexibility index (Phi) is 3.71. The molecule has 4 nitrogen and oxygen atoms in total. The third-order valence-electron chi connectivity index (χ3n) is 2.23. The van der Waals surface area contributed by atoms with Gasteiger partial charge in [0, 0.05) is 5.56 Å². The van der Waals surface area contributed by atoms with Crippen LogP contribution in [0.25, 0.3) is 0 Å². The van der Waals surface area contributed by atoms with E-state index in [9.17, 15) is 8.42 Å². The van der Waals surface area contributed by atoms with Crippen LogP contribution in [0.2, 0.25) is 0 Å². The molecule has 17 heavy (non-hydrogen) atoms. The molecule has 0 N–H and O–H groups in total. The van der Waals surface area contributed by atoms with Crippen LogP contribution in [-0.2, 0) is 15.5 Å². The average molecular weight is 258 g/mol. The lowest BCUT2D eigenvalue weighted by molar-refractivity contribution is 0.376. The molecule has 0 bridgehead atoms. The van der Waals surface area contributed by atoms with Crippen LogP contribution in [0.5, 0.6) is 11.5 Å². The van der Waals surface area contributed by atoms with Crippen molar-refractivity contribution in [3.05, 3.63) is 23.8 Å². The van der Waals surface area contributed by atoms with E-state index >= 15 is 0 Å². The summed E-state index contributed by atoms with van der Waals surface area (Å²) in [6, 6.07) is 5.23. The van der Waals surface area contributed by atoms with Crippen molar-refractivity contribution in [1.82, 2.24) is 0 Å². The van der Waals surface area contributed by atoms with Crippen molar-refractivity contribution in [2.75, 3.05) is 13.4 Å². The zero-order chi connectivity index (χ0) is 13.3. The predicted octanol–water partition coefficient (Wildman–Crippen LogP) is 2.33. The van der Waals surface area contributed by atoms with E-state index in [2.05, 4.69) is 0 Å². The molecular formula is C12H18O4S. The van der Waals surface area contributed by atoms with Crippen molar-refractivity contribution in [3.63, 3.8) is 0 Å². The van der Waals surface area contributed by atoms with Gasteiger partial charge in [-0.2, -0.15) is 8.42 Å². The van der Waals surface area contributed by atoms with Gasteiger partial charge in [0.2, 0.25) is 0 Å². The van der Waals surface area contributed by atoms with Crippen LogP contribution >= 0.6 is 0 Å². The lowest BCUT2D eigenvalue weighted by atomic mass is 9.86. The van der Waals surface area contributed by atoms with E-state index in [-0.39, 0.29) is 11.2 Å². The van der Waals surface area contributed by atoms with Crippen molar-refractivity contribution in [2.45, 2.75) is 26.2 Å². The van der Waals surface area contributed by atoms with E-state index in [1.54, 1.807) is 12.1 Å². The lowest BCUT2D eigenvalue weighted by Gasteiger charge is -2.23. The van der Waals surface area contributed by atoms with Gasteiger partial charge in [0.05, 0.1) is 13.4 Å². The van der Waals surface area contributed by atoms with Gasteiger partial charge in [-0.15, -0.1) is 0 Å². The van der Waals surface area contributed by atoms with Gasteiger partial charge in [0.1, 0.15) is 0 Å². The first-order valence-electron chi connectivity index (χ1n) is 5.22. The Bertz CT molecular complexity index is 498. The van der Waals surface area contributed by atoms with E-state index in [0.717, 1.165) is 11.8 Å². The van der Waals surface area contributed by atoms with Crippen LogP contribution in [0.3, 0.4) is 0 Å². The Balaban J connectivity index is 3.34. The van der Waals surface area contributed by atoms with Crippen molar-refractivity contribution in [1.29, 1.82) is 0 Å². The monoisotopic (exact) mass is 258 g/mol. The van der Waals surface area contributed by atoms with Crippen molar-refractivity contribution in [2.24, 2.45) is 0 Å². The first kappa shape index (κ1) is 13.8. The predicted molar refractivity (Wildman–Crippen MR) is 67.2 cm³/mol. The van der Waals surface area contributed by atoms with E-state index in [1.165, 1.54) is 7.11 Å². The molecule has 0 spiro atoms. The molecule has 96 valence electrons. The third-order valence-corrected chi connectivity index (χ3v) is 2.71. The van der Waals surface area contributed by atoms with Gasteiger partial charge in [-0.25, -0.2) is 0 Å². The molecule has 0 atom stereocenters. The summed E-state index contributed by atoms with van der Waals surface area (Å²) >= 11 is 0. The summed E-state index contributed by atoms with van der Waals surface area (Å²) in [5.41, 5.74) is 0.753. The molecule has 0 aliphatic rings. The quantitative estimate of drug-likeness (QED) is 0.781. The minimum Gasteiger partial charge on any atom is -0.492 e. The summed E-state index contributed by atoms with van der Waals surface area (Å²) in [7, 11) is -2.05. The fourth-order valence-electron chi connectivity index (χ4n) is 1.55. The fourth-order valence-corrected chi connectivity index (χ4v) is 2.00.